The molecule has 182 valence electrons. The number of nitrogens with zero attached hydrogens (tertiary/aromatic N) is 2. The molecule has 1 unspecified atom stereocenters. The number of carbonyl (C=O) groups excluding carboxylic acids is 1. The van der Waals surface area contributed by atoms with Crippen LogP contribution in [0.15, 0.2) is 23.4 Å². The molecule has 2 atom stereocenters. The summed E-state index contributed by atoms with van der Waals surface area (Å²) in [4.78, 5) is 19.7. The first kappa shape index (κ1) is 23.5. The van der Waals surface area contributed by atoms with Crippen molar-refractivity contribution < 1.29 is 37.4 Å². The van der Waals surface area contributed by atoms with Gasteiger partial charge < -0.3 is 28.7 Å². The average Bonchev–Trinajstić information content (AvgIpc) is 3.38. The molecule has 3 heterocycles. The summed E-state index contributed by atoms with van der Waals surface area (Å²) in [6.07, 6.45) is 1.88. The number of likely N-dealkylation sites (tertiary alicyclic amines) is 1. The number of hydrogen-bond acceptors (Lipinski definition) is 7. The third kappa shape index (κ3) is 5.85. The Bertz CT molecular complexity index is 895. The van der Waals surface area contributed by atoms with Gasteiger partial charge in [0.05, 0.1) is 25.5 Å². The van der Waals surface area contributed by atoms with Crippen LogP contribution in [0.1, 0.15) is 52.0 Å². The summed E-state index contributed by atoms with van der Waals surface area (Å²) in [7, 11) is 0. The second-order valence-electron chi connectivity index (χ2n) is 9.64. The first-order chi connectivity index (χ1) is 15.6. The number of halogens is 2. The van der Waals surface area contributed by atoms with Crippen molar-refractivity contribution >= 4 is 11.8 Å². The summed E-state index contributed by atoms with van der Waals surface area (Å²) in [5.41, 5.74) is 0.345. The molecule has 2 saturated heterocycles. The fourth-order valence-corrected chi connectivity index (χ4v) is 4.16. The maximum Gasteiger partial charge on any atom is 0.410 e. The predicted molar refractivity (Wildman–Crippen MR) is 115 cm³/mol. The third-order valence-corrected chi connectivity index (χ3v) is 5.72. The summed E-state index contributed by atoms with van der Waals surface area (Å²) in [5.74, 6) is 0.108. The van der Waals surface area contributed by atoms with Crippen LogP contribution < -0.4 is 9.47 Å². The molecule has 0 aliphatic carbocycles. The van der Waals surface area contributed by atoms with Crippen molar-refractivity contribution in [2.75, 3.05) is 26.3 Å². The largest absolute Gasteiger partial charge is 0.485 e. The maximum absolute atomic E-state index is 13.0. The quantitative estimate of drug-likeness (QED) is 0.639. The summed E-state index contributed by atoms with van der Waals surface area (Å²) in [6.45, 7) is 4.35. The van der Waals surface area contributed by atoms with Gasteiger partial charge in [0.25, 0.3) is 0 Å². The van der Waals surface area contributed by atoms with Gasteiger partial charge >= 0.3 is 12.7 Å². The Labute approximate surface area is 191 Å². The molecule has 0 bridgehead atoms. The fraction of sp³-hybridized carbons (Fsp3) is 0.652. The van der Waals surface area contributed by atoms with E-state index in [-0.39, 0.29) is 18.0 Å². The molecule has 33 heavy (non-hydrogen) atoms. The minimum Gasteiger partial charge on any atom is -0.485 e. The number of alkyl halides is 2. The molecule has 0 N–H and O–H groups in total. The molecule has 4 rings (SSSR count). The van der Waals surface area contributed by atoms with Crippen LogP contribution in [0, 0.1) is 0 Å². The number of oxime groups is 1. The Morgan fingerprint density at radius 3 is 2.82 bits per heavy atom. The van der Waals surface area contributed by atoms with Crippen LogP contribution in [0.25, 0.3) is 0 Å². The van der Waals surface area contributed by atoms with E-state index in [1.807, 2.05) is 0 Å². The number of hydrogen-bond donors (Lipinski definition) is 0. The molecule has 0 aromatic heterocycles. The van der Waals surface area contributed by atoms with Crippen molar-refractivity contribution in [1.29, 1.82) is 0 Å². The Morgan fingerprint density at radius 2 is 2.12 bits per heavy atom. The SMILES string of the molecule is CC(C)(C)OC(=O)N1CCC[C@@H](Oc2cc(C3=NOC4(CCOC4)C3)ccc2OC(F)F)C1. The van der Waals surface area contributed by atoms with E-state index in [2.05, 4.69) is 9.89 Å². The Morgan fingerprint density at radius 1 is 1.30 bits per heavy atom. The molecule has 1 amide bonds. The lowest BCUT2D eigenvalue weighted by molar-refractivity contribution is -0.0526. The number of amides is 1. The lowest BCUT2D eigenvalue weighted by atomic mass is 9.93. The van der Waals surface area contributed by atoms with Crippen LogP contribution in [0.5, 0.6) is 11.5 Å². The molecule has 1 spiro atoms. The van der Waals surface area contributed by atoms with Crippen molar-refractivity contribution in [2.24, 2.45) is 5.16 Å². The summed E-state index contributed by atoms with van der Waals surface area (Å²) < 4.78 is 47.7. The highest BCUT2D eigenvalue weighted by Gasteiger charge is 2.43. The minimum absolute atomic E-state index is 0.0680. The Kier molecular flexibility index (Phi) is 6.65. The van der Waals surface area contributed by atoms with E-state index in [9.17, 15) is 13.6 Å². The van der Waals surface area contributed by atoms with Crippen molar-refractivity contribution in [3.63, 3.8) is 0 Å². The van der Waals surface area contributed by atoms with Crippen LogP contribution in [0.3, 0.4) is 0 Å². The van der Waals surface area contributed by atoms with Crippen molar-refractivity contribution in [1.82, 2.24) is 4.90 Å². The molecule has 3 aliphatic rings. The van der Waals surface area contributed by atoms with Crippen LogP contribution in [-0.4, -0.2) is 66.9 Å². The molecule has 0 saturated carbocycles. The van der Waals surface area contributed by atoms with Gasteiger partial charge in [-0.1, -0.05) is 5.16 Å². The van der Waals surface area contributed by atoms with E-state index in [0.29, 0.717) is 50.3 Å². The highest BCUT2D eigenvalue weighted by Crippen LogP contribution is 2.37. The normalized spacial score (nSPS) is 25.2. The molecular weight excluding hydrogens is 438 g/mol. The lowest BCUT2D eigenvalue weighted by Gasteiger charge is -2.34. The third-order valence-electron chi connectivity index (χ3n) is 5.72. The van der Waals surface area contributed by atoms with Gasteiger partial charge in [0.1, 0.15) is 11.7 Å². The van der Waals surface area contributed by atoms with Crippen LogP contribution in [-0.2, 0) is 14.3 Å². The van der Waals surface area contributed by atoms with E-state index >= 15 is 0 Å². The summed E-state index contributed by atoms with van der Waals surface area (Å²) in [5, 5.41) is 4.21. The highest BCUT2D eigenvalue weighted by atomic mass is 19.3. The standard InChI is InChI=1S/C23H30F2N2O6/c1-22(2,3)32-21(28)27-9-4-5-16(13-27)30-19-11-15(6-7-18(19)31-20(24)25)17-12-23(33-26-17)8-10-29-14-23/h6-7,11,16,20H,4-5,8-10,12-14H2,1-3H3/t16-,23?/m1/s1. The average molecular weight is 468 g/mol. The monoisotopic (exact) mass is 468 g/mol. The van der Waals surface area contributed by atoms with E-state index in [4.69, 9.17) is 19.0 Å². The molecule has 1 aromatic rings. The van der Waals surface area contributed by atoms with Gasteiger partial charge in [0.15, 0.2) is 17.1 Å². The first-order valence-electron chi connectivity index (χ1n) is 11.2. The second kappa shape index (κ2) is 9.32. The van der Waals surface area contributed by atoms with Crippen LogP contribution in [0.2, 0.25) is 0 Å². The zero-order valence-corrected chi connectivity index (χ0v) is 19.1. The molecule has 1 aromatic carbocycles. The Hall–Kier alpha value is -2.62. The van der Waals surface area contributed by atoms with E-state index in [0.717, 1.165) is 6.42 Å². The summed E-state index contributed by atoms with van der Waals surface area (Å²) >= 11 is 0. The fourth-order valence-electron chi connectivity index (χ4n) is 4.16. The Balaban J connectivity index is 1.49. The van der Waals surface area contributed by atoms with E-state index in [1.54, 1.807) is 37.8 Å². The van der Waals surface area contributed by atoms with Crippen LogP contribution in [0.4, 0.5) is 13.6 Å². The van der Waals surface area contributed by atoms with Gasteiger partial charge in [0.2, 0.25) is 0 Å². The van der Waals surface area contributed by atoms with Gasteiger partial charge in [-0.3, -0.25) is 0 Å². The number of ether oxygens (including phenoxy) is 4. The second-order valence-corrected chi connectivity index (χ2v) is 9.64. The minimum atomic E-state index is -2.99. The molecule has 2 fully saturated rings. The van der Waals surface area contributed by atoms with Crippen molar-refractivity contribution in [3.8, 4) is 11.5 Å². The molecule has 3 aliphatic heterocycles. The van der Waals surface area contributed by atoms with Crippen molar-refractivity contribution in [2.45, 2.75) is 70.4 Å². The van der Waals surface area contributed by atoms with Gasteiger partial charge in [-0.15, -0.1) is 0 Å². The van der Waals surface area contributed by atoms with Crippen molar-refractivity contribution in [3.05, 3.63) is 23.8 Å². The lowest BCUT2D eigenvalue weighted by Crippen LogP contribution is -2.46. The molecule has 10 heteroatoms. The molecule has 0 radical (unpaired) electrons. The van der Waals surface area contributed by atoms with E-state index in [1.165, 1.54) is 6.07 Å². The molecule has 8 nitrogen and oxygen atoms in total. The van der Waals surface area contributed by atoms with Gasteiger partial charge in [-0.2, -0.15) is 8.78 Å². The predicted octanol–water partition coefficient (Wildman–Crippen LogP) is 4.35. The number of piperidine rings is 1. The zero-order valence-electron chi connectivity index (χ0n) is 19.1. The smallest absolute Gasteiger partial charge is 0.410 e. The van der Waals surface area contributed by atoms with Gasteiger partial charge in [-0.05, 0) is 51.8 Å². The number of rotatable bonds is 5. The van der Waals surface area contributed by atoms with Gasteiger partial charge in [0, 0.05) is 24.9 Å². The number of carbonyl (C=O) groups is 1. The van der Waals surface area contributed by atoms with Crippen LogP contribution >= 0.6 is 0 Å². The first-order valence-corrected chi connectivity index (χ1v) is 11.2. The highest BCUT2D eigenvalue weighted by molar-refractivity contribution is 6.02. The maximum atomic E-state index is 13.0. The zero-order chi connectivity index (χ0) is 23.6. The van der Waals surface area contributed by atoms with Gasteiger partial charge in [-0.25, -0.2) is 4.79 Å². The van der Waals surface area contributed by atoms with E-state index < -0.39 is 30.0 Å². The summed E-state index contributed by atoms with van der Waals surface area (Å²) in [6, 6.07) is 4.75. The number of benzene rings is 1. The topological polar surface area (TPSA) is 78.8 Å². The molecular formula is C23H30F2N2O6.